The maximum absolute atomic E-state index is 11.1. The average Bonchev–Trinajstić information content (AvgIpc) is 2.29. The molecule has 0 spiro atoms. The number of carbonyl (C=O) groups excluding carboxylic acids is 1. The van der Waals surface area contributed by atoms with Crippen LogP contribution in [0, 0.1) is 0 Å². The lowest BCUT2D eigenvalue weighted by Crippen LogP contribution is -2.39. The molecule has 1 amide bonds. The molecule has 0 bridgehead atoms. The second kappa shape index (κ2) is 6.16. The standard InChI is InChI=1S/C11H16N2O2/c12-8-10(14)11(15)13-7-6-9-4-2-1-3-5-9/h1-5,10,14H,6-8,12H2,(H,13,15). The van der Waals surface area contributed by atoms with Gasteiger partial charge in [0.2, 0.25) is 5.91 Å². The van der Waals surface area contributed by atoms with E-state index in [1.54, 1.807) is 0 Å². The zero-order valence-corrected chi connectivity index (χ0v) is 8.52. The largest absolute Gasteiger partial charge is 0.382 e. The van der Waals surface area contributed by atoms with Crippen LogP contribution >= 0.6 is 0 Å². The number of amides is 1. The molecule has 0 fully saturated rings. The van der Waals surface area contributed by atoms with E-state index in [2.05, 4.69) is 5.32 Å². The van der Waals surface area contributed by atoms with Gasteiger partial charge < -0.3 is 16.2 Å². The van der Waals surface area contributed by atoms with Crippen molar-refractivity contribution in [1.29, 1.82) is 0 Å². The Morgan fingerprint density at radius 1 is 1.40 bits per heavy atom. The van der Waals surface area contributed by atoms with Crippen LogP contribution in [0.4, 0.5) is 0 Å². The summed E-state index contributed by atoms with van der Waals surface area (Å²) in [5, 5.41) is 11.7. The van der Waals surface area contributed by atoms with E-state index < -0.39 is 12.0 Å². The number of aliphatic hydroxyl groups excluding tert-OH is 1. The van der Waals surface area contributed by atoms with Crippen LogP contribution in [0.2, 0.25) is 0 Å². The molecule has 0 aliphatic carbocycles. The molecule has 0 radical (unpaired) electrons. The average molecular weight is 208 g/mol. The van der Waals surface area contributed by atoms with Crippen molar-refractivity contribution >= 4 is 5.91 Å². The van der Waals surface area contributed by atoms with E-state index in [0.717, 1.165) is 12.0 Å². The van der Waals surface area contributed by atoms with Crippen molar-refractivity contribution in [2.24, 2.45) is 5.73 Å². The van der Waals surface area contributed by atoms with Crippen molar-refractivity contribution < 1.29 is 9.90 Å². The first-order valence-corrected chi connectivity index (χ1v) is 4.94. The minimum atomic E-state index is -1.10. The molecule has 0 aliphatic rings. The quantitative estimate of drug-likeness (QED) is 0.620. The van der Waals surface area contributed by atoms with Gasteiger partial charge in [0.25, 0.3) is 0 Å². The third kappa shape index (κ3) is 4.10. The predicted molar refractivity (Wildman–Crippen MR) is 58.2 cm³/mol. The molecule has 4 N–H and O–H groups in total. The number of rotatable bonds is 5. The zero-order chi connectivity index (χ0) is 11.1. The third-order valence-corrected chi connectivity index (χ3v) is 2.08. The minimum absolute atomic E-state index is 0.0445. The van der Waals surface area contributed by atoms with Crippen molar-refractivity contribution in [3.63, 3.8) is 0 Å². The van der Waals surface area contributed by atoms with Crippen LogP contribution < -0.4 is 11.1 Å². The summed E-state index contributed by atoms with van der Waals surface area (Å²) in [6, 6.07) is 9.83. The molecule has 1 unspecified atom stereocenters. The van der Waals surface area contributed by atoms with Crippen molar-refractivity contribution in [2.75, 3.05) is 13.1 Å². The number of hydrogen-bond acceptors (Lipinski definition) is 3. The zero-order valence-electron chi connectivity index (χ0n) is 8.52. The van der Waals surface area contributed by atoms with Crippen molar-refractivity contribution in [3.05, 3.63) is 35.9 Å². The van der Waals surface area contributed by atoms with Crippen LogP contribution in [0.25, 0.3) is 0 Å². The second-order valence-electron chi connectivity index (χ2n) is 3.28. The topological polar surface area (TPSA) is 75.3 Å². The lowest BCUT2D eigenvalue weighted by atomic mass is 10.1. The smallest absolute Gasteiger partial charge is 0.250 e. The van der Waals surface area contributed by atoms with E-state index in [4.69, 9.17) is 10.8 Å². The molecule has 0 aromatic heterocycles. The monoisotopic (exact) mass is 208 g/mol. The van der Waals surface area contributed by atoms with E-state index in [9.17, 15) is 4.79 Å². The maximum Gasteiger partial charge on any atom is 0.250 e. The Hall–Kier alpha value is -1.39. The molecule has 4 nitrogen and oxygen atoms in total. The summed E-state index contributed by atoms with van der Waals surface area (Å²) < 4.78 is 0. The van der Waals surface area contributed by atoms with Gasteiger partial charge in [0.15, 0.2) is 0 Å². The molecular weight excluding hydrogens is 192 g/mol. The number of carbonyl (C=O) groups is 1. The molecule has 15 heavy (non-hydrogen) atoms. The molecule has 82 valence electrons. The number of benzene rings is 1. The first-order valence-electron chi connectivity index (χ1n) is 4.94. The number of nitrogens with two attached hydrogens (primary N) is 1. The second-order valence-corrected chi connectivity index (χ2v) is 3.28. The molecule has 1 aromatic carbocycles. The van der Waals surface area contributed by atoms with Gasteiger partial charge in [0, 0.05) is 13.1 Å². The highest BCUT2D eigenvalue weighted by Crippen LogP contribution is 1.98. The SMILES string of the molecule is NCC(O)C(=O)NCCc1ccccc1. The van der Waals surface area contributed by atoms with E-state index in [-0.39, 0.29) is 6.54 Å². The molecule has 0 saturated carbocycles. The Kier molecular flexibility index (Phi) is 4.80. The molecular formula is C11H16N2O2. The lowest BCUT2D eigenvalue weighted by Gasteiger charge is -2.08. The Labute approximate surface area is 89.1 Å². The van der Waals surface area contributed by atoms with Crippen LogP contribution in [0.15, 0.2) is 30.3 Å². The van der Waals surface area contributed by atoms with Gasteiger partial charge >= 0.3 is 0 Å². The van der Waals surface area contributed by atoms with Crippen LogP contribution in [0.3, 0.4) is 0 Å². The molecule has 1 aromatic rings. The Bertz CT molecular complexity index is 301. The molecule has 0 heterocycles. The van der Waals surface area contributed by atoms with Gasteiger partial charge in [0.05, 0.1) is 0 Å². The summed E-state index contributed by atoms with van der Waals surface area (Å²) in [4.78, 5) is 11.1. The molecule has 1 rings (SSSR count). The summed E-state index contributed by atoms with van der Waals surface area (Å²) >= 11 is 0. The van der Waals surface area contributed by atoms with Crippen LogP contribution in [0.5, 0.6) is 0 Å². The maximum atomic E-state index is 11.1. The molecule has 4 heteroatoms. The number of hydrogen-bond donors (Lipinski definition) is 3. The van der Waals surface area contributed by atoms with Crippen molar-refractivity contribution in [1.82, 2.24) is 5.32 Å². The van der Waals surface area contributed by atoms with Crippen molar-refractivity contribution in [2.45, 2.75) is 12.5 Å². The molecule has 1 atom stereocenters. The summed E-state index contributed by atoms with van der Waals surface area (Å²) in [6.45, 7) is 0.469. The van der Waals surface area contributed by atoms with Crippen LogP contribution in [0.1, 0.15) is 5.56 Å². The van der Waals surface area contributed by atoms with E-state index in [1.807, 2.05) is 30.3 Å². The van der Waals surface area contributed by atoms with Gasteiger partial charge in [-0.3, -0.25) is 4.79 Å². The summed E-state index contributed by atoms with van der Waals surface area (Å²) in [7, 11) is 0. The highest BCUT2D eigenvalue weighted by Gasteiger charge is 2.10. The van der Waals surface area contributed by atoms with Gasteiger partial charge in [0.1, 0.15) is 6.10 Å². The lowest BCUT2D eigenvalue weighted by molar-refractivity contribution is -0.128. The van der Waals surface area contributed by atoms with Gasteiger partial charge in [-0.2, -0.15) is 0 Å². The Morgan fingerprint density at radius 3 is 2.67 bits per heavy atom. The molecule has 0 saturated heterocycles. The van der Waals surface area contributed by atoms with Gasteiger partial charge in [-0.1, -0.05) is 30.3 Å². The summed E-state index contributed by atoms with van der Waals surface area (Å²) in [5.74, 6) is -0.409. The van der Waals surface area contributed by atoms with Gasteiger partial charge in [-0.05, 0) is 12.0 Å². The number of nitrogens with one attached hydrogen (secondary N) is 1. The first-order chi connectivity index (χ1) is 7.24. The fourth-order valence-corrected chi connectivity index (χ4v) is 1.20. The van der Waals surface area contributed by atoms with Crippen LogP contribution in [-0.4, -0.2) is 30.2 Å². The van der Waals surface area contributed by atoms with Crippen LogP contribution in [-0.2, 0) is 11.2 Å². The summed E-state index contributed by atoms with van der Waals surface area (Å²) in [5.41, 5.74) is 6.30. The third-order valence-electron chi connectivity index (χ3n) is 2.08. The Morgan fingerprint density at radius 2 is 2.07 bits per heavy atom. The van der Waals surface area contributed by atoms with Gasteiger partial charge in [-0.15, -0.1) is 0 Å². The van der Waals surface area contributed by atoms with E-state index >= 15 is 0 Å². The molecule has 0 aliphatic heterocycles. The normalized spacial score (nSPS) is 12.1. The predicted octanol–water partition coefficient (Wildman–Crippen LogP) is -0.335. The van der Waals surface area contributed by atoms with E-state index in [1.165, 1.54) is 0 Å². The highest BCUT2D eigenvalue weighted by atomic mass is 16.3. The first kappa shape index (κ1) is 11.7. The van der Waals surface area contributed by atoms with Crippen molar-refractivity contribution in [3.8, 4) is 0 Å². The highest BCUT2D eigenvalue weighted by molar-refractivity contribution is 5.80. The number of aliphatic hydroxyl groups is 1. The van der Waals surface area contributed by atoms with Gasteiger partial charge in [-0.25, -0.2) is 0 Å². The fourth-order valence-electron chi connectivity index (χ4n) is 1.20. The van der Waals surface area contributed by atoms with E-state index in [0.29, 0.717) is 6.54 Å². The minimum Gasteiger partial charge on any atom is -0.382 e. The fraction of sp³-hybridized carbons (Fsp3) is 0.364. The summed E-state index contributed by atoms with van der Waals surface area (Å²) in [6.07, 6.45) is -0.343. The Balaban J connectivity index is 2.25.